The monoisotopic (exact) mass is 256 g/mol. The lowest BCUT2D eigenvalue weighted by Gasteiger charge is -2.08. The molecule has 0 bridgehead atoms. The fourth-order valence-corrected chi connectivity index (χ4v) is 3.84. The first-order valence-corrected chi connectivity index (χ1v) is 7.05. The van der Waals surface area contributed by atoms with Crippen LogP contribution in [-0.4, -0.2) is 27.5 Å². The summed E-state index contributed by atoms with van der Waals surface area (Å²) in [5.74, 6) is 0.266. The second-order valence-corrected chi connectivity index (χ2v) is 6.30. The van der Waals surface area contributed by atoms with E-state index >= 15 is 0 Å². The van der Waals surface area contributed by atoms with Crippen LogP contribution in [0, 0.1) is 17.7 Å². The Hall–Kier alpha value is -0.980. The van der Waals surface area contributed by atoms with Gasteiger partial charge in [-0.05, 0) is 43.1 Å². The molecule has 92 valence electrons. The predicted molar refractivity (Wildman–Crippen MR) is 60.4 cm³/mol. The van der Waals surface area contributed by atoms with E-state index in [0.29, 0.717) is 11.8 Å². The highest BCUT2D eigenvalue weighted by Gasteiger charge is 2.54. The lowest BCUT2D eigenvalue weighted by molar-refractivity contribution is 0.562. The van der Waals surface area contributed by atoms with Gasteiger partial charge in [-0.2, -0.15) is 0 Å². The first-order valence-electron chi connectivity index (χ1n) is 5.56. The highest BCUT2D eigenvalue weighted by atomic mass is 32.2. The van der Waals surface area contributed by atoms with Crippen molar-refractivity contribution in [3.8, 4) is 0 Å². The number of benzene rings is 1. The SMILES string of the molecule is O=S(=O)(NC1C2CNCC21)c1cccc(F)c1. The molecular weight excluding hydrogens is 243 g/mol. The molecule has 1 aromatic rings. The number of rotatable bonds is 3. The highest BCUT2D eigenvalue weighted by Crippen LogP contribution is 2.42. The molecule has 17 heavy (non-hydrogen) atoms. The van der Waals surface area contributed by atoms with E-state index in [9.17, 15) is 12.8 Å². The van der Waals surface area contributed by atoms with Gasteiger partial charge in [-0.1, -0.05) is 6.07 Å². The molecule has 4 nitrogen and oxygen atoms in total. The molecule has 2 N–H and O–H groups in total. The zero-order chi connectivity index (χ0) is 12.0. The molecule has 6 heteroatoms. The second kappa shape index (κ2) is 3.76. The number of hydrogen-bond acceptors (Lipinski definition) is 3. The maximum absolute atomic E-state index is 13.0. The zero-order valence-corrected chi connectivity index (χ0v) is 9.87. The number of nitrogens with one attached hydrogen (secondary N) is 2. The Morgan fingerprint density at radius 1 is 1.29 bits per heavy atom. The van der Waals surface area contributed by atoms with Crippen LogP contribution in [0.15, 0.2) is 29.2 Å². The Bertz CT molecular complexity index is 536. The first-order chi connectivity index (χ1) is 8.08. The molecule has 2 fully saturated rings. The standard InChI is InChI=1S/C11H13FN2O2S/c12-7-2-1-3-8(4-7)17(15,16)14-11-9-5-13-6-10(9)11/h1-4,9-11,13-14H,5-6H2. The largest absolute Gasteiger partial charge is 0.316 e. The summed E-state index contributed by atoms with van der Waals surface area (Å²) >= 11 is 0. The maximum Gasteiger partial charge on any atom is 0.240 e. The second-order valence-electron chi connectivity index (χ2n) is 4.59. The van der Waals surface area contributed by atoms with Crippen LogP contribution >= 0.6 is 0 Å². The minimum absolute atomic E-state index is 0.00423. The minimum Gasteiger partial charge on any atom is -0.316 e. The van der Waals surface area contributed by atoms with E-state index in [-0.39, 0.29) is 10.9 Å². The Kier molecular flexibility index (Phi) is 2.46. The van der Waals surface area contributed by atoms with Gasteiger partial charge in [-0.3, -0.25) is 0 Å². The molecule has 0 amide bonds. The van der Waals surface area contributed by atoms with E-state index in [0.717, 1.165) is 19.2 Å². The predicted octanol–water partition coefficient (Wildman–Crippen LogP) is 0.322. The van der Waals surface area contributed by atoms with Gasteiger partial charge in [-0.15, -0.1) is 0 Å². The number of sulfonamides is 1. The average molecular weight is 256 g/mol. The van der Waals surface area contributed by atoms with Gasteiger partial charge in [0.2, 0.25) is 10.0 Å². The van der Waals surface area contributed by atoms with Gasteiger partial charge in [0, 0.05) is 6.04 Å². The average Bonchev–Trinajstić information content (AvgIpc) is 2.75. The van der Waals surface area contributed by atoms with Crippen LogP contribution in [0.1, 0.15) is 0 Å². The van der Waals surface area contributed by atoms with E-state index in [2.05, 4.69) is 10.0 Å². The summed E-state index contributed by atoms with van der Waals surface area (Å²) in [6.07, 6.45) is 0. The smallest absolute Gasteiger partial charge is 0.240 e. The van der Waals surface area contributed by atoms with Crippen molar-refractivity contribution in [2.24, 2.45) is 11.8 Å². The number of hydrogen-bond donors (Lipinski definition) is 2. The lowest BCUT2D eigenvalue weighted by Crippen LogP contribution is -2.32. The lowest BCUT2D eigenvalue weighted by atomic mass is 10.4. The summed E-state index contributed by atoms with van der Waals surface area (Å²) in [4.78, 5) is -0.00423. The minimum atomic E-state index is -3.58. The molecule has 2 atom stereocenters. The van der Waals surface area contributed by atoms with Crippen molar-refractivity contribution in [3.63, 3.8) is 0 Å². The van der Waals surface area contributed by atoms with Crippen molar-refractivity contribution in [1.82, 2.24) is 10.0 Å². The Morgan fingerprint density at radius 2 is 2.00 bits per heavy atom. The third-order valence-electron chi connectivity index (χ3n) is 3.49. The van der Waals surface area contributed by atoms with Gasteiger partial charge in [0.25, 0.3) is 0 Å². The Balaban J connectivity index is 1.78. The normalized spacial score (nSPS) is 31.2. The topological polar surface area (TPSA) is 58.2 Å². The number of halogens is 1. The molecule has 1 aliphatic carbocycles. The fourth-order valence-electron chi connectivity index (χ4n) is 2.47. The third kappa shape index (κ3) is 1.96. The highest BCUT2D eigenvalue weighted by molar-refractivity contribution is 7.89. The maximum atomic E-state index is 13.0. The van der Waals surface area contributed by atoms with Gasteiger partial charge >= 0.3 is 0 Å². The van der Waals surface area contributed by atoms with Crippen molar-refractivity contribution in [1.29, 1.82) is 0 Å². The quantitative estimate of drug-likeness (QED) is 0.819. The molecular formula is C11H13FN2O2S. The van der Waals surface area contributed by atoms with Crippen LogP contribution in [0.5, 0.6) is 0 Å². The first kappa shape index (κ1) is 11.1. The zero-order valence-electron chi connectivity index (χ0n) is 9.06. The molecule has 2 aliphatic rings. The summed E-state index contributed by atoms with van der Waals surface area (Å²) in [7, 11) is -3.58. The van der Waals surface area contributed by atoms with Gasteiger partial charge < -0.3 is 5.32 Å². The third-order valence-corrected chi connectivity index (χ3v) is 4.95. The van der Waals surface area contributed by atoms with Crippen LogP contribution in [0.4, 0.5) is 4.39 Å². The molecule has 3 rings (SSSR count). The van der Waals surface area contributed by atoms with Crippen LogP contribution in [0.2, 0.25) is 0 Å². The van der Waals surface area contributed by atoms with Gasteiger partial charge in [-0.25, -0.2) is 17.5 Å². The molecule has 1 saturated heterocycles. The van der Waals surface area contributed by atoms with Crippen LogP contribution in [0.25, 0.3) is 0 Å². The van der Waals surface area contributed by atoms with Gasteiger partial charge in [0.05, 0.1) is 4.90 Å². The molecule has 1 aliphatic heterocycles. The fraction of sp³-hybridized carbons (Fsp3) is 0.455. The number of piperidine rings is 1. The van der Waals surface area contributed by atoms with E-state index < -0.39 is 15.8 Å². The molecule has 1 saturated carbocycles. The van der Waals surface area contributed by atoms with Crippen molar-refractivity contribution in [2.45, 2.75) is 10.9 Å². The van der Waals surface area contributed by atoms with Crippen LogP contribution in [-0.2, 0) is 10.0 Å². The Labute approximate surface area is 99.3 Å². The summed E-state index contributed by atoms with van der Waals surface area (Å²) < 4.78 is 39.6. The van der Waals surface area contributed by atoms with E-state index in [4.69, 9.17) is 0 Å². The van der Waals surface area contributed by atoms with Crippen LogP contribution < -0.4 is 10.0 Å². The molecule has 1 aromatic carbocycles. The van der Waals surface area contributed by atoms with Crippen molar-refractivity contribution in [3.05, 3.63) is 30.1 Å². The van der Waals surface area contributed by atoms with Crippen molar-refractivity contribution >= 4 is 10.0 Å². The summed E-state index contributed by atoms with van der Waals surface area (Å²) in [6, 6.07) is 5.10. The molecule has 0 spiro atoms. The Morgan fingerprint density at radius 3 is 2.65 bits per heavy atom. The molecule has 1 heterocycles. The summed E-state index contributed by atoms with van der Waals surface area (Å²) in [5, 5.41) is 3.19. The van der Waals surface area contributed by atoms with E-state index in [1.807, 2.05) is 0 Å². The van der Waals surface area contributed by atoms with Gasteiger partial charge in [0.1, 0.15) is 5.82 Å². The number of fused-ring (bicyclic) bond motifs is 1. The molecule has 0 aromatic heterocycles. The summed E-state index contributed by atoms with van der Waals surface area (Å²) in [5.41, 5.74) is 0. The van der Waals surface area contributed by atoms with E-state index in [1.54, 1.807) is 0 Å². The van der Waals surface area contributed by atoms with Gasteiger partial charge in [0.15, 0.2) is 0 Å². The van der Waals surface area contributed by atoms with Crippen molar-refractivity contribution < 1.29 is 12.8 Å². The molecule has 0 radical (unpaired) electrons. The van der Waals surface area contributed by atoms with E-state index in [1.165, 1.54) is 18.2 Å². The van der Waals surface area contributed by atoms with Crippen molar-refractivity contribution in [2.75, 3.05) is 13.1 Å². The summed E-state index contributed by atoms with van der Waals surface area (Å²) in [6.45, 7) is 1.72. The van der Waals surface area contributed by atoms with Crippen LogP contribution in [0.3, 0.4) is 0 Å². The molecule has 2 unspecified atom stereocenters.